The van der Waals surface area contributed by atoms with Crippen LogP contribution in [0, 0.1) is 6.57 Å². The van der Waals surface area contributed by atoms with Crippen LogP contribution in [0.5, 0.6) is 0 Å². The second-order valence-corrected chi connectivity index (χ2v) is 7.52. The number of nitrogens with zero attached hydrogens (tertiary/aromatic N) is 1. The summed E-state index contributed by atoms with van der Waals surface area (Å²) >= 11 is 1.61. The second-order valence-electron chi connectivity index (χ2n) is 6.57. The van der Waals surface area contributed by atoms with Crippen molar-refractivity contribution < 1.29 is 9.31 Å². The number of anilines is 2. The Hall–Kier alpha value is -1.81. The van der Waals surface area contributed by atoms with E-state index in [0.717, 1.165) is 16.2 Å². The number of hydrogen-bond acceptors (Lipinski definition) is 4. The summed E-state index contributed by atoms with van der Waals surface area (Å²) in [6, 6.07) is 9.43. The fourth-order valence-electron chi connectivity index (χ4n) is 2.33. The number of nitrogens with one attached hydrogen (secondary N) is 1. The molecule has 118 valence electrons. The van der Waals surface area contributed by atoms with Gasteiger partial charge in [-0.3, -0.25) is 0 Å². The molecule has 1 saturated heterocycles. The molecule has 1 fully saturated rings. The van der Waals surface area contributed by atoms with Crippen molar-refractivity contribution in [1.82, 2.24) is 0 Å². The first-order chi connectivity index (χ1) is 10.8. The minimum absolute atomic E-state index is 0.351. The van der Waals surface area contributed by atoms with Crippen molar-refractivity contribution in [2.24, 2.45) is 0 Å². The van der Waals surface area contributed by atoms with Crippen LogP contribution in [0.1, 0.15) is 27.7 Å². The van der Waals surface area contributed by atoms with Crippen molar-refractivity contribution in [3.63, 3.8) is 0 Å². The standard InChI is InChI=1S/C17H19BN2O2S/c1-16(2)17(3,4)22-18(21-16)15-14(10-11-23-15)20-13-8-6-12(19-5)7-9-13/h6-11,20H,1-4H3. The van der Waals surface area contributed by atoms with Gasteiger partial charge in [-0.15, -0.1) is 0 Å². The van der Waals surface area contributed by atoms with Crippen LogP contribution in [0.2, 0.25) is 0 Å². The molecule has 1 N–H and O–H groups in total. The molecule has 1 aliphatic rings. The van der Waals surface area contributed by atoms with Gasteiger partial charge in [0.2, 0.25) is 0 Å². The molecule has 23 heavy (non-hydrogen) atoms. The SMILES string of the molecule is [C-]#[N+]c1ccc(Nc2ccsc2B2OC(C)(C)C(C)(C)O2)cc1. The lowest BCUT2D eigenvalue weighted by molar-refractivity contribution is 0.00578. The van der Waals surface area contributed by atoms with Crippen molar-refractivity contribution >= 4 is 40.3 Å². The van der Waals surface area contributed by atoms with Crippen LogP contribution >= 0.6 is 11.3 Å². The molecule has 1 aromatic carbocycles. The number of rotatable bonds is 3. The van der Waals surface area contributed by atoms with Crippen molar-refractivity contribution in [2.45, 2.75) is 38.9 Å². The lowest BCUT2D eigenvalue weighted by Crippen LogP contribution is -2.41. The third-order valence-electron chi connectivity index (χ3n) is 4.44. The smallest absolute Gasteiger partial charge is 0.399 e. The Balaban J connectivity index is 1.82. The zero-order chi connectivity index (χ0) is 16.7. The van der Waals surface area contributed by atoms with Crippen molar-refractivity contribution in [1.29, 1.82) is 0 Å². The fourth-order valence-corrected chi connectivity index (χ4v) is 3.14. The average Bonchev–Trinajstić information content (AvgIpc) is 3.02. The Labute approximate surface area is 141 Å². The molecule has 0 radical (unpaired) electrons. The molecule has 4 nitrogen and oxygen atoms in total. The summed E-state index contributed by atoms with van der Waals surface area (Å²) in [5.41, 5.74) is 1.84. The van der Waals surface area contributed by atoms with Gasteiger partial charge in [0.25, 0.3) is 0 Å². The van der Waals surface area contributed by atoms with E-state index in [1.165, 1.54) is 0 Å². The van der Waals surface area contributed by atoms with Gasteiger partial charge in [-0.1, -0.05) is 12.1 Å². The maximum absolute atomic E-state index is 7.01. The third kappa shape index (κ3) is 3.00. The summed E-state index contributed by atoms with van der Waals surface area (Å²) in [7, 11) is -0.370. The highest BCUT2D eigenvalue weighted by Crippen LogP contribution is 2.37. The van der Waals surface area contributed by atoms with E-state index in [1.54, 1.807) is 23.5 Å². The predicted molar refractivity (Wildman–Crippen MR) is 96.0 cm³/mol. The zero-order valence-corrected chi connectivity index (χ0v) is 14.5. The Kier molecular flexibility index (Phi) is 3.97. The van der Waals surface area contributed by atoms with Gasteiger partial charge in [0.1, 0.15) is 0 Å². The summed E-state index contributed by atoms with van der Waals surface area (Å²) in [6.45, 7) is 15.2. The molecule has 0 saturated carbocycles. The molecule has 2 heterocycles. The highest BCUT2D eigenvalue weighted by Gasteiger charge is 2.52. The molecule has 3 rings (SSSR count). The molecule has 1 aromatic heterocycles. The Morgan fingerprint density at radius 1 is 1.04 bits per heavy atom. The van der Waals surface area contributed by atoms with Gasteiger partial charge in [-0.25, -0.2) is 4.85 Å². The van der Waals surface area contributed by atoms with E-state index in [9.17, 15) is 0 Å². The summed E-state index contributed by atoms with van der Waals surface area (Å²) in [5.74, 6) is 0. The van der Waals surface area contributed by atoms with E-state index in [1.807, 2.05) is 23.6 Å². The average molecular weight is 326 g/mol. The van der Waals surface area contributed by atoms with Crippen LogP contribution in [-0.4, -0.2) is 18.3 Å². The van der Waals surface area contributed by atoms with Gasteiger partial charge in [0.15, 0.2) is 5.69 Å². The van der Waals surface area contributed by atoms with E-state index in [2.05, 4.69) is 37.9 Å². The minimum atomic E-state index is -0.370. The quantitative estimate of drug-likeness (QED) is 0.673. The summed E-state index contributed by atoms with van der Waals surface area (Å²) in [4.78, 5) is 3.41. The van der Waals surface area contributed by atoms with Gasteiger partial charge in [0.05, 0.1) is 22.6 Å². The lowest BCUT2D eigenvalue weighted by atomic mass is 9.86. The van der Waals surface area contributed by atoms with Crippen LogP contribution in [-0.2, 0) is 9.31 Å². The van der Waals surface area contributed by atoms with E-state index < -0.39 is 0 Å². The van der Waals surface area contributed by atoms with Crippen LogP contribution in [0.4, 0.5) is 17.1 Å². The van der Waals surface area contributed by atoms with Crippen molar-refractivity contribution in [3.8, 4) is 0 Å². The third-order valence-corrected chi connectivity index (χ3v) is 5.38. The molecule has 0 atom stereocenters. The highest BCUT2D eigenvalue weighted by molar-refractivity contribution is 7.21. The molecule has 0 spiro atoms. The lowest BCUT2D eigenvalue weighted by Gasteiger charge is -2.32. The van der Waals surface area contributed by atoms with Crippen molar-refractivity contribution in [3.05, 3.63) is 47.1 Å². The molecule has 6 heteroatoms. The zero-order valence-electron chi connectivity index (χ0n) is 13.7. The van der Waals surface area contributed by atoms with E-state index in [-0.39, 0.29) is 18.3 Å². The maximum Gasteiger partial charge on any atom is 0.507 e. The number of hydrogen-bond donors (Lipinski definition) is 1. The highest BCUT2D eigenvalue weighted by atomic mass is 32.1. The fraction of sp³-hybridized carbons (Fsp3) is 0.353. The van der Waals surface area contributed by atoms with Gasteiger partial charge in [-0.2, -0.15) is 11.3 Å². The molecular weight excluding hydrogens is 307 g/mol. The summed E-state index contributed by atoms with van der Waals surface area (Å²) in [6.07, 6.45) is 0. The Morgan fingerprint density at radius 3 is 2.22 bits per heavy atom. The van der Waals surface area contributed by atoms with Crippen molar-refractivity contribution in [2.75, 3.05) is 5.32 Å². The van der Waals surface area contributed by atoms with Gasteiger partial charge in [-0.05, 0) is 51.3 Å². The minimum Gasteiger partial charge on any atom is -0.399 e. The van der Waals surface area contributed by atoms with Crippen LogP contribution < -0.4 is 10.1 Å². The predicted octanol–water partition coefficient (Wildman–Crippen LogP) is 4.34. The summed E-state index contributed by atoms with van der Waals surface area (Å²) < 4.78 is 13.3. The summed E-state index contributed by atoms with van der Waals surface area (Å²) in [5, 5.41) is 5.41. The van der Waals surface area contributed by atoms with Gasteiger partial charge < -0.3 is 14.6 Å². The molecule has 1 aliphatic heterocycles. The number of benzene rings is 1. The first kappa shape index (κ1) is 16.1. The molecule has 0 unspecified atom stereocenters. The normalized spacial score (nSPS) is 18.7. The molecule has 0 aliphatic carbocycles. The molecule has 2 aromatic rings. The second kappa shape index (κ2) is 5.68. The van der Waals surface area contributed by atoms with E-state index in [4.69, 9.17) is 15.9 Å². The van der Waals surface area contributed by atoms with Crippen LogP contribution in [0.25, 0.3) is 4.85 Å². The van der Waals surface area contributed by atoms with Crippen LogP contribution in [0.3, 0.4) is 0 Å². The Bertz CT molecular complexity index is 731. The van der Waals surface area contributed by atoms with E-state index >= 15 is 0 Å². The van der Waals surface area contributed by atoms with E-state index in [0.29, 0.717) is 5.69 Å². The molecule has 0 amide bonds. The van der Waals surface area contributed by atoms with Gasteiger partial charge >= 0.3 is 7.12 Å². The van der Waals surface area contributed by atoms with Crippen LogP contribution in [0.15, 0.2) is 35.7 Å². The molecule has 0 bridgehead atoms. The largest absolute Gasteiger partial charge is 0.507 e. The number of thiophene rings is 1. The topological polar surface area (TPSA) is 34.9 Å². The van der Waals surface area contributed by atoms with Gasteiger partial charge in [0, 0.05) is 11.4 Å². The first-order valence-electron chi connectivity index (χ1n) is 7.50. The molecular formula is C17H19BN2O2S. The first-order valence-corrected chi connectivity index (χ1v) is 8.38. The monoisotopic (exact) mass is 326 g/mol. The Morgan fingerprint density at radius 2 is 1.65 bits per heavy atom. The maximum atomic E-state index is 7.01.